The summed E-state index contributed by atoms with van der Waals surface area (Å²) in [6, 6.07) is 2.96. The van der Waals surface area contributed by atoms with Crippen LogP contribution in [0.25, 0.3) is 0 Å². The molecule has 0 aliphatic rings. The van der Waals surface area contributed by atoms with Crippen molar-refractivity contribution >= 4 is 25.1 Å². The number of rotatable bonds is 1. The van der Waals surface area contributed by atoms with Gasteiger partial charge in [0.1, 0.15) is 13.7 Å². The number of pyridine rings is 1. The minimum absolute atomic E-state index is 0.137. The first-order valence-electron chi connectivity index (χ1n) is 3.25. The summed E-state index contributed by atoms with van der Waals surface area (Å²) in [6.45, 7) is 0. The average molecular weight is 162 g/mol. The lowest BCUT2D eigenvalue weighted by Crippen LogP contribution is -2.15. The van der Waals surface area contributed by atoms with Crippen LogP contribution in [-0.4, -0.2) is 25.9 Å². The first kappa shape index (κ1) is 8.58. The second kappa shape index (κ2) is 3.25. The molecule has 2 N–H and O–H groups in total. The Hall–Kier alpha value is -1.52. The second-order valence-corrected chi connectivity index (χ2v) is 2.16. The largest absolute Gasteiger partial charge is 0.464 e. The Kier molecular flexibility index (Phi) is 2.33. The standard InChI is InChI=1S/C7H7BN2O2/c1-12-7(11)5-3-2-4(8)6(9)10-5/h2-3H,1H3,(H2,9,10). The van der Waals surface area contributed by atoms with E-state index in [2.05, 4.69) is 9.72 Å². The van der Waals surface area contributed by atoms with E-state index in [-0.39, 0.29) is 11.5 Å². The number of nitrogens with zero attached hydrogens (tertiary/aromatic N) is 1. The molecule has 0 saturated carbocycles. The number of carbonyl (C=O) groups excluding carboxylic acids is 1. The molecule has 5 heteroatoms. The van der Waals surface area contributed by atoms with Crippen molar-refractivity contribution in [3.63, 3.8) is 0 Å². The minimum Gasteiger partial charge on any atom is -0.464 e. The van der Waals surface area contributed by atoms with Crippen LogP contribution < -0.4 is 11.2 Å². The number of carbonyl (C=O) groups is 1. The summed E-state index contributed by atoms with van der Waals surface area (Å²) in [6.07, 6.45) is 0. The van der Waals surface area contributed by atoms with Crippen molar-refractivity contribution < 1.29 is 9.53 Å². The van der Waals surface area contributed by atoms with Crippen LogP contribution in [0.5, 0.6) is 0 Å². The maximum atomic E-state index is 10.9. The van der Waals surface area contributed by atoms with Crippen LogP contribution in [0.1, 0.15) is 10.5 Å². The van der Waals surface area contributed by atoms with Gasteiger partial charge in [-0.05, 0) is 6.07 Å². The van der Waals surface area contributed by atoms with Gasteiger partial charge in [-0.15, -0.1) is 0 Å². The molecular formula is C7H7BN2O2. The maximum Gasteiger partial charge on any atom is 0.356 e. The van der Waals surface area contributed by atoms with Crippen molar-refractivity contribution in [3.8, 4) is 0 Å². The van der Waals surface area contributed by atoms with E-state index < -0.39 is 5.97 Å². The van der Waals surface area contributed by atoms with E-state index in [1.165, 1.54) is 19.2 Å². The van der Waals surface area contributed by atoms with Crippen LogP contribution in [0.3, 0.4) is 0 Å². The Labute approximate surface area is 71.1 Å². The van der Waals surface area contributed by atoms with Crippen molar-refractivity contribution in [2.45, 2.75) is 0 Å². The molecule has 1 aromatic heterocycles. The molecule has 1 heterocycles. The van der Waals surface area contributed by atoms with Crippen LogP contribution in [0.4, 0.5) is 5.82 Å². The third-order valence-corrected chi connectivity index (χ3v) is 1.35. The molecule has 0 unspecified atom stereocenters. The summed E-state index contributed by atoms with van der Waals surface area (Å²) in [5.74, 6) is -0.389. The normalized spacial score (nSPS) is 9.42. The quantitative estimate of drug-likeness (QED) is 0.435. The van der Waals surface area contributed by atoms with Crippen LogP contribution in [-0.2, 0) is 4.74 Å². The van der Waals surface area contributed by atoms with Gasteiger partial charge in [0.2, 0.25) is 0 Å². The van der Waals surface area contributed by atoms with E-state index in [4.69, 9.17) is 13.6 Å². The van der Waals surface area contributed by atoms with E-state index in [0.29, 0.717) is 5.46 Å². The zero-order valence-corrected chi connectivity index (χ0v) is 6.57. The molecular weight excluding hydrogens is 155 g/mol. The number of esters is 1. The van der Waals surface area contributed by atoms with Gasteiger partial charge in [-0.25, -0.2) is 9.78 Å². The third kappa shape index (κ3) is 1.55. The molecule has 2 radical (unpaired) electrons. The van der Waals surface area contributed by atoms with Gasteiger partial charge >= 0.3 is 5.97 Å². The van der Waals surface area contributed by atoms with Crippen molar-refractivity contribution in [3.05, 3.63) is 17.8 Å². The summed E-state index contributed by atoms with van der Waals surface area (Å²) in [5.41, 5.74) is 5.88. The predicted octanol–water partition coefficient (Wildman–Crippen LogP) is -0.756. The Bertz CT molecular complexity index is 314. The maximum absolute atomic E-state index is 10.9. The molecule has 1 aromatic rings. The van der Waals surface area contributed by atoms with Crippen LogP contribution in [0.15, 0.2) is 12.1 Å². The lowest BCUT2D eigenvalue weighted by molar-refractivity contribution is 0.0594. The van der Waals surface area contributed by atoms with E-state index in [1.807, 2.05) is 0 Å². The molecule has 0 aromatic carbocycles. The number of ether oxygens (including phenoxy) is 1. The van der Waals surface area contributed by atoms with E-state index >= 15 is 0 Å². The minimum atomic E-state index is -0.526. The topological polar surface area (TPSA) is 65.2 Å². The van der Waals surface area contributed by atoms with Crippen LogP contribution in [0, 0.1) is 0 Å². The highest BCUT2D eigenvalue weighted by Gasteiger charge is 2.07. The second-order valence-electron chi connectivity index (χ2n) is 2.16. The molecule has 0 fully saturated rings. The van der Waals surface area contributed by atoms with Gasteiger partial charge in [-0.1, -0.05) is 11.5 Å². The number of anilines is 1. The summed E-state index contributed by atoms with van der Waals surface area (Å²) >= 11 is 0. The highest BCUT2D eigenvalue weighted by molar-refractivity contribution is 6.35. The highest BCUT2D eigenvalue weighted by Crippen LogP contribution is 1.98. The zero-order chi connectivity index (χ0) is 9.14. The lowest BCUT2D eigenvalue weighted by atomic mass is 9.97. The summed E-state index contributed by atoms with van der Waals surface area (Å²) in [5, 5.41) is 0. The van der Waals surface area contributed by atoms with Gasteiger partial charge in [-0.2, -0.15) is 0 Å². The first-order chi connectivity index (χ1) is 5.65. The molecule has 60 valence electrons. The number of nitrogens with two attached hydrogens (primary N) is 1. The summed E-state index contributed by atoms with van der Waals surface area (Å²) in [4.78, 5) is 14.6. The molecule has 4 nitrogen and oxygen atoms in total. The number of hydrogen-bond donors (Lipinski definition) is 1. The van der Waals surface area contributed by atoms with Gasteiger partial charge < -0.3 is 10.5 Å². The molecule has 1 rings (SSSR count). The Morgan fingerprint density at radius 1 is 1.67 bits per heavy atom. The molecule has 0 spiro atoms. The van der Waals surface area contributed by atoms with Crippen LogP contribution in [0.2, 0.25) is 0 Å². The number of hydrogen-bond acceptors (Lipinski definition) is 4. The smallest absolute Gasteiger partial charge is 0.356 e. The molecule has 12 heavy (non-hydrogen) atoms. The molecule has 0 aliphatic carbocycles. The fourth-order valence-electron chi connectivity index (χ4n) is 0.704. The SMILES string of the molecule is [B]c1ccc(C(=O)OC)nc1N. The summed E-state index contributed by atoms with van der Waals surface area (Å²) < 4.78 is 4.43. The van der Waals surface area contributed by atoms with Gasteiger partial charge in [0.05, 0.1) is 7.11 Å². The predicted molar refractivity (Wildman–Crippen MR) is 45.4 cm³/mol. The first-order valence-corrected chi connectivity index (χ1v) is 3.25. The Balaban J connectivity index is 3.05. The number of methoxy groups -OCH3 is 1. The fraction of sp³-hybridized carbons (Fsp3) is 0.143. The highest BCUT2D eigenvalue weighted by atomic mass is 16.5. The molecule has 0 atom stereocenters. The molecule has 0 bridgehead atoms. The Morgan fingerprint density at radius 2 is 2.33 bits per heavy atom. The number of nitrogen functional groups attached to an aromatic ring is 1. The average Bonchev–Trinajstić information content (AvgIpc) is 2.08. The fourth-order valence-corrected chi connectivity index (χ4v) is 0.704. The van der Waals surface area contributed by atoms with Crippen molar-refractivity contribution in [1.29, 1.82) is 0 Å². The van der Waals surface area contributed by atoms with E-state index in [9.17, 15) is 4.79 Å². The third-order valence-electron chi connectivity index (χ3n) is 1.35. The van der Waals surface area contributed by atoms with Gasteiger partial charge in [-0.3, -0.25) is 0 Å². The number of aromatic nitrogens is 1. The summed E-state index contributed by atoms with van der Waals surface area (Å²) in [7, 11) is 6.67. The van der Waals surface area contributed by atoms with Gasteiger partial charge in [0.15, 0.2) is 5.69 Å². The van der Waals surface area contributed by atoms with Crippen molar-refractivity contribution in [2.24, 2.45) is 0 Å². The van der Waals surface area contributed by atoms with Crippen LogP contribution >= 0.6 is 0 Å². The molecule has 0 amide bonds. The van der Waals surface area contributed by atoms with Gasteiger partial charge in [0.25, 0.3) is 0 Å². The monoisotopic (exact) mass is 162 g/mol. The molecule has 0 aliphatic heterocycles. The zero-order valence-electron chi connectivity index (χ0n) is 6.57. The van der Waals surface area contributed by atoms with E-state index in [0.717, 1.165) is 0 Å². The van der Waals surface area contributed by atoms with E-state index in [1.54, 1.807) is 0 Å². The van der Waals surface area contributed by atoms with Gasteiger partial charge in [0, 0.05) is 0 Å². The van der Waals surface area contributed by atoms with Crippen molar-refractivity contribution in [1.82, 2.24) is 4.98 Å². The Morgan fingerprint density at radius 3 is 2.83 bits per heavy atom. The van der Waals surface area contributed by atoms with Crippen molar-refractivity contribution in [2.75, 3.05) is 12.8 Å². The molecule has 0 saturated heterocycles. The lowest BCUT2D eigenvalue weighted by Gasteiger charge is -2.01.